The van der Waals surface area contributed by atoms with Crippen LogP contribution in [-0.2, 0) is 4.79 Å². The second kappa shape index (κ2) is 6.20. The summed E-state index contributed by atoms with van der Waals surface area (Å²) >= 11 is 0. The Labute approximate surface area is 114 Å². The molecule has 2 unspecified atom stereocenters. The number of hydrogen-bond donors (Lipinski definition) is 2. The summed E-state index contributed by atoms with van der Waals surface area (Å²) < 4.78 is 0. The van der Waals surface area contributed by atoms with Crippen LogP contribution in [0.2, 0.25) is 0 Å². The van der Waals surface area contributed by atoms with Gasteiger partial charge in [-0.05, 0) is 36.3 Å². The molecule has 1 aliphatic rings. The van der Waals surface area contributed by atoms with Gasteiger partial charge in [0.2, 0.25) is 0 Å². The fourth-order valence-corrected chi connectivity index (χ4v) is 2.49. The molecule has 104 valence electrons. The molecule has 0 aromatic heterocycles. The molecule has 1 fully saturated rings. The molecule has 1 saturated carbocycles. The molecular weight excluding hydrogens is 240 g/mol. The van der Waals surface area contributed by atoms with Gasteiger partial charge >= 0.3 is 5.97 Å². The first-order valence-corrected chi connectivity index (χ1v) is 7.14. The van der Waals surface area contributed by atoms with E-state index < -0.39 is 18.0 Å². The number of carboxylic acid groups (broad SMARTS) is 1. The topological polar surface area (TPSA) is 57.5 Å². The molecule has 0 spiro atoms. The Morgan fingerprint density at radius 1 is 1.42 bits per heavy atom. The summed E-state index contributed by atoms with van der Waals surface area (Å²) in [5, 5.41) is 19.6. The molecule has 2 rings (SSSR count). The lowest BCUT2D eigenvalue weighted by atomic mass is 9.90. The highest BCUT2D eigenvalue weighted by molar-refractivity contribution is 5.71. The predicted molar refractivity (Wildman–Crippen MR) is 74.0 cm³/mol. The van der Waals surface area contributed by atoms with E-state index >= 15 is 0 Å². The maximum Gasteiger partial charge on any atom is 0.309 e. The molecule has 2 N–H and O–H groups in total. The number of carbonyl (C=O) groups is 1. The van der Waals surface area contributed by atoms with E-state index in [1.165, 1.54) is 18.4 Å². The third-order valence-electron chi connectivity index (χ3n) is 3.87. The molecule has 1 aromatic carbocycles. The van der Waals surface area contributed by atoms with Crippen LogP contribution >= 0.6 is 0 Å². The number of aliphatic carboxylic acids is 1. The van der Waals surface area contributed by atoms with Crippen molar-refractivity contribution in [1.29, 1.82) is 0 Å². The van der Waals surface area contributed by atoms with Gasteiger partial charge in [0.25, 0.3) is 0 Å². The van der Waals surface area contributed by atoms with Crippen LogP contribution in [0, 0.1) is 5.92 Å². The van der Waals surface area contributed by atoms with Crippen molar-refractivity contribution in [2.24, 2.45) is 5.92 Å². The van der Waals surface area contributed by atoms with Gasteiger partial charge in [-0.25, -0.2) is 0 Å². The Morgan fingerprint density at radius 3 is 2.74 bits per heavy atom. The molecule has 1 aliphatic carbocycles. The summed E-state index contributed by atoms with van der Waals surface area (Å²) in [6.45, 7) is 2.03. The van der Waals surface area contributed by atoms with E-state index in [-0.39, 0.29) is 0 Å². The van der Waals surface area contributed by atoms with Crippen molar-refractivity contribution in [2.45, 2.75) is 51.0 Å². The van der Waals surface area contributed by atoms with E-state index in [0.717, 1.165) is 18.4 Å². The Morgan fingerprint density at radius 2 is 2.16 bits per heavy atom. The van der Waals surface area contributed by atoms with Gasteiger partial charge in [0.15, 0.2) is 0 Å². The van der Waals surface area contributed by atoms with Crippen LogP contribution in [0.25, 0.3) is 0 Å². The number of unbranched alkanes of at least 4 members (excludes halogenated alkanes) is 1. The van der Waals surface area contributed by atoms with Crippen LogP contribution in [0.1, 0.15) is 62.2 Å². The normalized spacial score (nSPS) is 18.0. The molecule has 19 heavy (non-hydrogen) atoms. The van der Waals surface area contributed by atoms with E-state index in [2.05, 4.69) is 6.07 Å². The van der Waals surface area contributed by atoms with Crippen LogP contribution in [0.3, 0.4) is 0 Å². The van der Waals surface area contributed by atoms with Crippen molar-refractivity contribution in [3.8, 4) is 0 Å². The zero-order valence-electron chi connectivity index (χ0n) is 11.4. The number of aliphatic hydroxyl groups excluding tert-OH is 1. The van der Waals surface area contributed by atoms with Crippen LogP contribution in [-0.4, -0.2) is 16.2 Å². The summed E-state index contributed by atoms with van der Waals surface area (Å²) in [6.07, 6.45) is 3.81. The minimum absolute atomic E-state index is 0.528. The highest BCUT2D eigenvalue weighted by Gasteiger charge is 2.29. The minimum Gasteiger partial charge on any atom is -0.481 e. The third-order valence-corrected chi connectivity index (χ3v) is 3.87. The van der Waals surface area contributed by atoms with Gasteiger partial charge in [-0.3, -0.25) is 4.79 Å². The monoisotopic (exact) mass is 262 g/mol. The third kappa shape index (κ3) is 3.57. The second-order valence-corrected chi connectivity index (χ2v) is 5.48. The molecule has 0 amide bonds. The molecule has 0 heterocycles. The van der Waals surface area contributed by atoms with Crippen molar-refractivity contribution in [1.82, 2.24) is 0 Å². The van der Waals surface area contributed by atoms with Crippen molar-refractivity contribution in [3.63, 3.8) is 0 Å². The Bertz CT molecular complexity index is 437. The zero-order chi connectivity index (χ0) is 13.8. The SMILES string of the molecule is CCCCC(C(=O)O)C(O)c1cccc(C2CC2)c1. The smallest absolute Gasteiger partial charge is 0.309 e. The van der Waals surface area contributed by atoms with Gasteiger partial charge < -0.3 is 10.2 Å². The molecule has 0 saturated heterocycles. The van der Waals surface area contributed by atoms with Crippen molar-refractivity contribution in [3.05, 3.63) is 35.4 Å². The number of rotatable bonds is 7. The van der Waals surface area contributed by atoms with E-state index in [1.807, 2.05) is 25.1 Å². The van der Waals surface area contributed by atoms with Crippen molar-refractivity contribution >= 4 is 5.97 Å². The van der Waals surface area contributed by atoms with Gasteiger partial charge in [-0.1, -0.05) is 44.0 Å². The van der Waals surface area contributed by atoms with Gasteiger partial charge in [0.1, 0.15) is 0 Å². The average molecular weight is 262 g/mol. The Balaban J connectivity index is 2.13. The van der Waals surface area contributed by atoms with E-state index in [1.54, 1.807) is 0 Å². The average Bonchev–Trinajstić information content (AvgIpc) is 3.23. The second-order valence-electron chi connectivity index (χ2n) is 5.48. The van der Waals surface area contributed by atoms with Gasteiger partial charge in [0.05, 0.1) is 12.0 Å². The number of carboxylic acids is 1. The lowest BCUT2D eigenvalue weighted by molar-refractivity contribution is -0.146. The highest BCUT2D eigenvalue weighted by atomic mass is 16.4. The summed E-state index contributed by atoms with van der Waals surface area (Å²) in [4.78, 5) is 11.3. The first kappa shape index (κ1) is 14.1. The first-order valence-electron chi connectivity index (χ1n) is 7.14. The molecule has 2 atom stereocenters. The summed E-state index contributed by atoms with van der Waals surface area (Å²) in [5.74, 6) is -0.988. The van der Waals surface area contributed by atoms with Crippen molar-refractivity contribution in [2.75, 3.05) is 0 Å². The molecule has 3 heteroatoms. The molecule has 3 nitrogen and oxygen atoms in total. The summed E-state index contributed by atoms with van der Waals surface area (Å²) in [7, 11) is 0. The van der Waals surface area contributed by atoms with E-state index in [9.17, 15) is 15.0 Å². The predicted octanol–water partition coefficient (Wildman–Crippen LogP) is 3.49. The van der Waals surface area contributed by atoms with Crippen molar-refractivity contribution < 1.29 is 15.0 Å². The number of hydrogen-bond acceptors (Lipinski definition) is 2. The molecule has 0 radical (unpaired) electrons. The van der Waals surface area contributed by atoms with Gasteiger partial charge in [0, 0.05) is 0 Å². The van der Waals surface area contributed by atoms with Crippen LogP contribution in [0.4, 0.5) is 0 Å². The zero-order valence-corrected chi connectivity index (χ0v) is 11.4. The van der Waals surface area contributed by atoms with E-state index in [0.29, 0.717) is 12.3 Å². The summed E-state index contributed by atoms with van der Waals surface area (Å²) in [5.41, 5.74) is 1.98. The quantitative estimate of drug-likeness (QED) is 0.790. The molecule has 1 aromatic rings. The summed E-state index contributed by atoms with van der Waals surface area (Å²) in [6, 6.07) is 7.79. The van der Waals surface area contributed by atoms with E-state index in [4.69, 9.17) is 0 Å². The molecular formula is C16H22O3. The van der Waals surface area contributed by atoms with Crippen LogP contribution in [0.5, 0.6) is 0 Å². The lowest BCUT2D eigenvalue weighted by Gasteiger charge is -2.20. The van der Waals surface area contributed by atoms with Gasteiger partial charge in [-0.2, -0.15) is 0 Å². The fourth-order valence-electron chi connectivity index (χ4n) is 2.49. The lowest BCUT2D eigenvalue weighted by Crippen LogP contribution is -2.22. The maximum absolute atomic E-state index is 11.3. The van der Waals surface area contributed by atoms with Crippen LogP contribution in [0.15, 0.2) is 24.3 Å². The van der Waals surface area contributed by atoms with Crippen LogP contribution < -0.4 is 0 Å². The number of benzene rings is 1. The Hall–Kier alpha value is -1.35. The Kier molecular flexibility index (Phi) is 4.59. The largest absolute Gasteiger partial charge is 0.481 e. The standard InChI is InChI=1S/C16H22O3/c1-2-3-7-14(16(18)19)15(17)13-6-4-5-12(10-13)11-8-9-11/h4-6,10-11,14-15,17H,2-3,7-9H2,1H3,(H,18,19). The highest BCUT2D eigenvalue weighted by Crippen LogP contribution is 2.41. The first-order chi connectivity index (χ1) is 9.13. The number of aliphatic hydroxyl groups is 1. The minimum atomic E-state index is -0.905. The molecule has 0 aliphatic heterocycles. The van der Waals surface area contributed by atoms with Gasteiger partial charge in [-0.15, -0.1) is 0 Å². The molecule has 0 bridgehead atoms. The maximum atomic E-state index is 11.3. The fraction of sp³-hybridized carbons (Fsp3) is 0.562.